The van der Waals surface area contributed by atoms with Gasteiger partial charge in [0.15, 0.2) is 0 Å². The van der Waals surface area contributed by atoms with Crippen LogP contribution in [0, 0.1) is 0 Å². The van der Waals surface area contributed by atoms with E-state index in [1.165, 1.54) is 27.4 Å². The number of rotatable bonds is 5. The van der Waals surface area contributed by atoms with Crippen molar-refractivity contribution in [3.8, 4) is 22.6 Å². The van der Waals surface area contributed by atoms with Crippen molar-refractivity contribution in [2.75, 3.05) is 9.80 Å². The maximum absolute atomic E-state index is 6.98. The van der Waals surface area contributed by atoms with Crippen molar-refractivity contribution in [2.24, 2.45) is 0 Å². The molecule has 0 bridgehead atoms. The summed E-state index contributed by atoms with van der Waals surface area (Å²) >= 11 is 0. The number of furan rings is 1. The fourth-order valence-corrected chi connectivity index (χ4v) is 9.24. The van der Waals surface area contributed by atoms with E-state index in [4.69, 9.17) is 9.15 Å². The lowest BCUT2D eigenvalue weighted by Gasteiger charge is -2.41. The summed E-state index contributed by atoms with van der Waals surface area (Å²) < 4.78 is 13.8. The van der Waals surface area contributed by atoms with Crippen molar-refractivity contribution in [1.82, 2.24) is 0 Å². The molecule has 0 N–H and O–H groups in total. The number of anilines is 6. The van der Waals surface area contributed by atoms with Crippen molar-refractivity contribution in [1.29, 1.82) is 0 Å². The number of nitrogens with zero attached hydrogens (tertiary/aromatic N) is 2. The van der Waals surface area contributed by atoms with E-state index in [0.29, 0.717) is 0 Å². The summed E-state index contributed by atoms with van der Waals surface area (Å²) in [6.45, 7) is -0.0824. The van der Waals surface area contributed by atoms with Crippen LogP contribution in [0.4, 0.5) is 34.1 Å². The smallest absolute Gasteiger partial charge is 0.257 e. The SMILES string of the molecule is c1ccc(-c2ccccc2N2c3cccc4c3B(c3cc5oc6cc(N(c7ccccc7)c7ccccc7)ccc6c5cc3O4)c3c2ccc2ccccc32)cc1. The molecular weight excluding hydrogens is 695 g/mol. The van der Waals surface area contributed by atoms with Gasteiger partial charge in [0, 0.05) is 50.8 Å². The lowest BCUT2D eigenvalue weighted by molar-refractivity contribution is 0.488. The van der Waals surface area contributed by atoms with Crippen LogP contribution in [0.15, 0.2) is 205 Å². The van der Waals surface area contributed by atoms with Gasteiger partial charge in [0.1, 0.15) is 22.7 Å². The van der Waals surface area contributed by atoms with Crippen molar-refractivity contribution in [2.45, 2.75) is 0 Å². The van der Waals surface area contributed by atoms with Gasteiger partial charge >= 0.3 is 0 Å². The Labute approximate surface area is 330 Å². The molecule has 2 aliphatic heterocycles. The van der Waals surface area contributed by atoms with Crippen LogP contribution < -0.4 is 30.9 Å². The Morgan fingerprint density at radius 2 is 1.09 bits per heavy atom. The lowest BCUT2D eigenvalue weighted by Crippen LogP contribution is -2.59. The van der Waals surface area contributed by atoms with E-state index in [1.807, 2.05) is 0 Å². The number of hydrogen-bond donors (Lipinski definition) is 0. The van der Waals surface area contributed by atoms with Crippen molar-refractivity contribution < 1.29 is 9.15 Å². The zero-order valence-corrected chi connectivity index (χ0v) is 30.8. The first kappa shape index (κ1) is 31.8. The summed E-state index contributed by atoms with van der Waals surface area (Å²) in [5.41, 5.74) is 14.2. The Morgan fingerprint density at radius 3 is 1.89 bits per heavy atom. The topological polar surface area (TPSA) is 28.9 Å². The molecule has 0 saturated carbocycles. The summed E-state index contributed by atoms with van der Waals surface area (Å²) in [5.74, 6) is 1.73. The van der Waals surface area contributed by atoms with Crippen molar-refractivity contribution in [3.63, 3.8) is 0 Å². The third-order valence-corrected chi connectivity index (χ3v) is 11.7. The zero-order chi connectivity index (χ0) is 37.5. The molecule has 0 unspecified atom stereocenters. The molecule has 12 rings (SSSR count). The van der Waals surface area contributed by atoms with Crippen LogP contribution in [0.3, 0.4) is 0 Å². The predicted molar refractivity (Wildman–Crippen MR) is 237 cm³/mol. The quantitative estimate of drug-likeness (QED) is 0.165. The maximum atomic E-state index is 6.98. The molecule has 10 aromatic rings. The van der Waals surface area contributed by atoms with E-state index in [0.717, 1.165) is 78.5 Å². The maximum Gasteiger partial charge on any atom is 0.257 e. The van der Waals surface area contributed by atoms with E-state index < -0.39 is 0 Å². The highest BCUT2D eigenvalue weighted by Gasteiger charge is 2.43. The minimum atomic E-state index is -0.0824. The Kier molecular flexibility index (Phi) is 6.99. The second-order valence-electron chi connectivity index (χ2n) is 14.8. The third-order valence-electron chi connectivity index (χ3n) is 11.7. The molecule has 0 radical (unpaired) electrons. The third kappa shape index (κ3) is 4.89. The van der Waals surface area contributed by atoms with Gasteiger partial charge in [-0.3, -0.25) is 0 Å². The molecule has 3 heterocycles. The molecule has 4 nitrogen and oxygen atoms in total. The molecule has 0 atom stereocenters. The molecule has 0 aliphatic carbocycles. The Hall–Kier alpha value is -7.50. The standard InChI is InChI=1S/C52H33BN2O2/c1-4-15-34(16-5-1)39-22-12-13-24-44(39)55-45-25-14-26-47-52(45)53(51-40-23-11-10-17-35(40)27-30-46(51)55)43-33-49-42(32-50(43)56-47)41-29-28-38(31-48(41)57-49)54(36-18-6-2-7-19-36)37-20-8-3-9-21-37/h1-33H. The fraction of sp³-hybridized carbons (Fsp3) is 0. The van der Waals surface area contributed by atoms with Gasteiger partial charge in [0.2, 0.25) is 0 Å². The normalized spacial score (nSPS) is 12.6. The van der Waals surface area contributed by atoms with E-state index in [2.05, 4.69) is 210 Å². The summed E-state index contributed by atoms with van der Waals surface area (Å²) in [5, 5.41) is 4.53. The second kappa shape index (κ2) is 12.5. The second-order valence-corrected chi connectivity index (χ2v) is 14.8. The average Bonchev–Trinajstić information content (AvgIpc) is 3.63. The summed E-state index contributed by atoms with van der Waals surface area (Å²) in [7, 11) is 0. The molecule has 0 spiro atoms. The minimum absolute atomic E-state index is 0.0824. The molecule has 9 aromatic carbocycles. The molecule has 0 saturated heterocycles. The van der Waals surface area contributed by atoms with Crippen LogP contribution in [0.25, 0.3) is 43.8 Å². The number of hydrogen-bond acceptors (Lipinski definition) is 4. The number of fused-ring (bicyclic) bond motifs is 9. The van der Waals surface area contributed by atoms with Gasteiger partial charge in [-0.25, -0.2) is 0 Å². The summed E-state index contributed by atoms with van der Waals surface area (Å²) in [6, 6.07) is 71.1. The minimum Gasteiger partial charge on any atom is -0.458 e. The van der Waals surface area contributed by atoms with E-state index in [1.54, 1.807) is 0 Å². The average molecular weight is 729 g/mol. The van der Waals surface area contributed by atoms with Gasteiger partial charge in [-0.1, -0.05) is 121 Å². The van der Waals surface area contributed by atoms with Crippen LogP contribution in [0.2, 0.25) is 0 Å². The van der Waals surface area contributed by atoms with Gasteiger partial charge in [0.25, 0.3) is 6.71 Å². The highest BCUT2D eigenvalue weighted by atomic mass is 16.5. The van der Waals surface area contributed by atoms with Crippen molar-refractivity contribution in [3.05, 3.63) is 200 Å². The van der Waals surface area contributed by atoms with Gasteiger partial charge in [-0.05, 0) is 106 Å². The molecule has 5 heteroatoms. The van der Waals surface area contributed by atoms with Crippen LogP contribution in [-0.4, -0.2) is 6.71 Å². The number of para-hydroxylation sites is 3. The molecule has 266 valence electrons. The van der Waals surface area contributed by atoms with Gasteiger partial charge in [-0.15, -0.1) is 0 Å². The Bertz CT molecular complexity index is 3140. The first-order chi connectivity index (χ1) is 28.3. The molecule has 0 fully saturated rings. The van der Waals surface area contributed by atoms with Crippen molar-refractivity contribution >= 4 is 89.9 Å². The Balaban J connectivity index is 1.07. The van der Waals surface area contributed by atoms with Crippen LogP contribution in [0.1, 0.15) is 0 Å². The summed E-state index contributed by atoms with van der Waals surface area (Å²) in [4.78, 5) is 4.71. The summed E-state index contributed by atoms with van der Waals surface area (Å²) in [6.07, 6.45) is 0. The monoisotopic (exact) mass is 728 g/mol. The van der Waals surface area contributed by atoms with Gasteiger partial charge < -0.3 is 19.0 Å². The van der Waals surface area contributed by atoms with Gasteiger partial charge in [0.05, 0.1) is 5.69 Å². The fourth-order valence-electron chi connectivity index (χ4n) is 9.24. The largest absolute Gasteiger partial charge is 0.458 e. The van der Waals surface area contributed by atoms with Crippen LogP contribution in [0.5, 0.6) is 11.5 Å². The lowest BCUT2D eigenvalue weighted by atomic mass is 9.33. The van der Waals surface area contributed by atoms with E-state index in [9.17, 15) is 0 Å². The highest BCUT2D eigenvalue weighted by molar-refractivity contribution is 7.00. The molecule has 0 amide bonds. The van der Waals surface area contributed by atoms with Crippen LogP contribution in [-0.2, 0) is 0 Å². The zero-order valence-electron chi connectivity index (χ0n) is 30.8. The van der Waals surface area contributed by atoms with E-state index >= 15 is 0 Å². The number of benzene rings is 9. The molecule has 1 aromatic heterocycles. The number of ether oxygens (including phenoxy) is 1. The molecular formula is C52H33BN2O2. The predicted octanol–water partition coefficient (Wildman–Crippen LogP) is 12.3. The van der Waals surface area contributed by atoms with Gasteiger partial charge in [-0.2, -0.15) is 0 Å². The first-order valence-corrected chi connectivity index (χ1v) is 19.5. The van der Waals surface area contributed by atoms with E-state index in [-0.39, 0.29) is 6.71 Å². The highest BCUT2D eigenvalue weighted by Crippen LogP contribution is 2.46. The van der Waals surface area contributed by atoms with Crippen LogP contribution >= 0.6 is 0 Å². The Morgan fingerprint density at radius 1 is 0.421 bits per heavy atom. The first-order valence-electron chi connectivity index (χ1n) is 19.5. The molecule has 2 aliphatic rings. The molecule has 57 heavy (non-hydrogen) atoms.